The van der Waals surface area contributed by atoms with Gasteiger partial charge in [-0.3, -0.25) is 9.20 Å². The molecule has 118 valence electrons. The maximum Gasteiger partial charge on any atom is 0.340 e. The number of thioether (sulfide) groups is 1. The van der Waals surface area contributed by atoms with E-state index in [4.69, 9.17) is 16.3 Å². The third-order valence-corrected chi connectivity index (χ3v) is 4.91. The van der Waals surface area contributed by atoms with Gasteiger partial charge in [0.15, 0.2) is 4.96 Å². The van der Waals surface area contributed by atoms with Gasteiger partial charge in [-0.2, -0.15) is 0 Å². The molecule has 8 heteroatoms. The number of hydrogen-bond donors (Lipinski definition) is 0. The Morgan fingerprint density at radius 2 is 2.26 bits per heavy atom. The summed E-state index contributed by atoms with van der Waals surface area (Å²) in [6, 6.07) is 6.52. The van der Waals surface area contributed by atoms with Crippen molar-refractivity contribution in [3.05, 3.63) is 62.5 Å². The molecule has 0 amide bonds. The highest BCUT2D eigenvalue weighted by molar-refractivity contribution is 7.98. The second-order valence-electron chi connectivity index (χ2n) is 4.56. The number of aromatic nitrogens is 2. The summed E-state index contributed by atoms with van der Waals surface area (Å²) in [5, 5.41) is 2.10. The number of ether oxygens (including phenoxy) is 1. The van der Waals surface area contributed by atoms with E-state index in [0.717, 1.165) is 4.90 Å². The fraction of sp³-hybridized carbons (Fsp3) is 0.133. The van der Waals surface area contributed by atoms with E-state index in [0.29, 0.717) is 21.2 Å². The smallest absolute Gasteiger partial charge is 0.340 e. The molecule has 3 aromatic rings. The fourth-order valence-electron chi connectivity index (χ4n) is 1.97. The summed E-state index contributed by atoms with van der Waals surface area (Å²) in [6.45, 7) is -0.0811. The molecule has 2 heterocycles. The van der Waals surface area contributed by atoms with Crippen molar-refractivity contribution in [2.75, 3.05) is 6.26 Å². The van der Waals surface area contributed by atoms with Crippen molar-refractivity contribution in [1.29, 1.82) is 0 Å². The maximum atomic E-state index is 12.2. The van der Waals surface area contributed by atoms with Crippen LogP contribution in [0.4, 0.5) is 0 Å². The number of halogens is 1. The van der Waals surface area contributed by atoms with E-state index in [9.17, 15) is 9.59 Å². The lowest BCUT2D eigenvalue weighted by Crippen LogP contribution is -2.14. The largest absolute Gasteiger partial charge is 0.456 e. The van der Waals surface area contributed by atoms with Crippen LogP contribution in [0.5, 0.6) is 0 Å². The molecule has 0 aliphatic carbocycles. The molecule has 2 aromatic heterocycles. The van der Waals surface area contributed by atoms with Crippen LogP contribution in [0.2, 0.25) is 5.02 Å². The molecule has 0 N–H and O–H groups in total. The minimum Gasteiger partial charge on any atom is -0.456 e. The van der Waals surface area contributed by atoms with Crippen molar-refractivity contribution in [3.63, 3.8) is 0 Å². The molecule has 0 bridgehead atoms. The van der Waals surface area contributed by atoms with Crippen molar-refractivity contribution in [2.45, 2.75) is 11.5 Å². The SMILES string of the molecule is CSc1ccc(Cl)c(C(=O)OCc2cc(=O)n3ccsc3n2)c1. The molecule has 0 fully saturated rings. The minimum absolute atomic E-state index is 0.0811. The van der Waals surface area contributed by atoms with Crippen LogP contribution in [0.25, 0.3) is 4.96 Å². The first-order valence-electron chi connectivity index (χ1n) is 6.55. The number of nitrogens with zero attached hydrogens (tertiary/aromatic N) is 2. The van der Waals surface area contributed by atoms with Gasteiger partial charge < -0.3 is 4.74 Å². The molecule has 0 radical (unpaired) electrons. The van der Waals surface area contributed by atoms with Gasteiger partial charge in [0.2, 0.25) is 0 Å². The van der Waals surface area contributed by atoms with E-state index in [1.165, 1.54) is 33.6 Å². The van der Waals surface area contributed by atoms with Crippen LogP contribution < -0.4 is 5.56 Å². The zero-order valence-electron chi connectivity index (χ0n) is 12.0. The zero-order valence-corrected chi connectivity index (χ0v) is 14.4. The van der Waals surface area contributed by atoms with Crippen molar-refractivity contribution in [2.24, 2.45) is 0 Å². The summed E-state index contributed by atoms with van der Waals surface area (Å²) in [6.07, 6.45) is 3.56. The summed E-state index contributed by atoms with van der Waals surface area (Å²) >= 11 is 8.89. The summed E-state index contributed by atoms with van der Waals surface area (Å²) in [4.78, 5) is 29.8. The van der Waals surface area contributed by atoms with Crippen LogP contribution in [-0.2, 0) is 11.3 Å². The van der Waals surface area contributed by atoms with Gasteiger partial charge in [-0.1, -0.05) is 11.6 Å². The molecule has 0 saturated carbocycles. The maximum absolute atomic E-state index is 12.2. The Morgan fingerprint density at radius 3 is 3.04 bits per heavy atom. The minimum atomic E-state index is -0.543. The van der Waals surface area contributed by atoms with Gasteiger partial charge in [0.25, 0.3) is 5.56 Å². The van der Waals surface area contributed by atoms with Crippen LogP contribution in [0.3, 0.4) is 0 Å². The van der Waals surface area contributed by atoms with Gasteiger partial charge in [-0.25, -0.2) is 9.78 Å². The monoisotopic (exact) mass is 366 g/mol. The van der Waals surface area contributed by atoms with Crippen molar-refractivity contribution in [3.8, 4) is 0 Å². The van der Waals surface area contributed by atoms with Crippen LogP contribution in [0.1, 0.15) is 16.1 Å². The van der Waals surface area contributed by atoms with Gasteiger partial charge in [-0.05, 0) is 24.5 Å². The average Bonchev–Trinajstić information content (AvgIpc) is 3.02. The highest BCUT2D eigenvalue weighted by atomic mass is 35.5. The highest BCUT2D eigenvalue weighted by Gasteiger charge is 2.14. The molecular formula is C15H11ClN2O3S2. The van der Waals surface area contributed by atoms with E-state index < -0.39 is 5.97 Å². The molecule has 23 heavy (non-hydrogen) atoms. The second kappa shape index (κ2) is 6.74. The van der Waals surface area contributed by atoms with Gasteiger partial charge >= 0.3 is 5.97 Å². The number of benzene rings is 1. The van der Waals surface area contributed by atoms with E-state index in [1.807, 2.05) is 12.3 Å². The lowest BCUT2D eigenvalue weighted by molar-refractivity contribution is 0.0467. The van der Waals surface area contributed by atoms with Crippen LogP contribution in [0, 0.1) is 0 Å². The van der Waals surface area contributed by atoms with Crippen LogP contribution in [0.15, 0.2) is 45.5 Å². The van der Waals surface area contributed by atoms with E-state index in [-0.39, 0.29) is 12.2 Å². The average molecular weight is 367 g/mol. The van der Waals surface area contributed by atoms with Gasteiger partial charge in [0.1, 0.15) is 6.61 Å². The Balaban J connectivity index is 1.79. The first kappa shape index (κ1) is 16.0. The Hall–Kier alpha value is -1.83. The molecule has 0 spiro atoms. The Morgan fingerprint density at radius 1 is 1.43 bits per heavy atom. The molecule has 3 rings (SSSR count). The van der Waals surface area contributed by atoms with Gasteiger partial charge in [0.05, 0.1) is 16.3 Å². The number of esters is 1. The first-order chi connectivity index (χ1) is 11.1. The molecule has 1 aromatic carbocycles. The number of carbonyl (C=O) groups excluding carboxylic acids is 1. The van der Waals surface area contributed by atoms with E-state index in [1.54, 1.807) is 23.7 Å². The number of carbonyl (C=O) groups is 1. The van der Waals surface area contributed by atoms with Crippen LogP contribution >= 0.6 is 34.7 Å². The summed E-state index contributed by atoms with van der Waals surface area (Å²) in [5.41, 5.74) is 0.500. The molecule has 0 atom stereocenters. The highest BCUT2D eigenvalue weighted by Crippen LogP contribution is 2.24. The molecule has 5 nitrogen and oxygen atoms in total. The quantitative estimate of drug-likeness (QED) is 0.522. The lowest BCUT2D eigenvalue weighted by Gasteiger charge is -2.07. The van der Waals surface area contributed by atoms with Gasteiger partial charge in [0, 0.05) is 22.5 Å². The fourth-order valence-corrected chi connectivity index (χ4v) is 3.34. The van der Waals surface area contributed by atoms with Crippen molar-refractivity contribution < 1.29 is 9.53 Å². The lowest BCUT2D eigenvalue weighted by atomic mass is 10.2. The summed E-state index contributed by atoms with van der Waals surface area (Å²) in [5.74, 6) is -0.543. The van der Waals surface area contributed by atoms with Gasteiger partial charge in [-0.15, -0.1) is 23.1 Å². The normalized spacial score (nSPS) is 10.9. The van der Waals surface area contributed by atoms with E-state index in [2.05, 4.69) is 4.98 Å². The van der Waals surface area contributed by atoms with Crippen molar-refractivity contribution in [1.82, 2.24) is 9.38 Å². The number of rotatable bonds is 4. The standard InChI is InChI=1S/C15H11ClN2O3S2/c1-22-10-2-3-12(16)11(7-10)14(20)21-8-9-6-13(19)18-4-5-23-15(18)17-9/h2-7H,8H2,1H3. The number of thiazole rings is 1. The topological polar surface area (TPSA) is 60.7 Å². The molecule has 0 aliphatic rings. The summed E-state index contributed by atoms with van der Waals surface area (Å²) < 4.78 is 6.68. The summed E-state index contributed by atoms with van der Waals surface area (Å²) in [7, 11) is 0. The molecule has 0 unspecified atom stereocenters. The van der Waals surface area contributed by atoms with Crippen LogP contribution in [-0.4, -0.2) is 21.6 Å². The first-order valence-corrected chi connectivity index (χ1v) is 9.03. The third kappa shape index (κ3) is 3.41. The predicted octanol–water partition coefficient (Wildman–Crippen LogP) is 3.49. The second-order valence-corrected chi connectivity index (χ2v) is 6.72. The Kier molecular flexibility index (Phi) is 4.70. The number of fused-ring (bicyclic) bond motifs is 1. The predicted molar refractivity (Wildman–Crippen MR) is 91.7 cm³/mol. The van der Waals surface area contributed by atoms with E-state index >= 15 is 0 Å². The third-order valence-electron chi connectivity index (χ3n) is 3.10. The molecule has 0 saturated heterocycles. The van der Waals surface area contributed by atoms with Crippen molar-refractivity contribution >= 4 is 45.6 Å². The molecule has 0 aliphatic heterocycles. The number of hydrogen-bond acceptors (Lipinski definition) is 6. The Labute approximate surface area is 144 Å². The zero-order chi connectivity index (χ0) is 16.4. The molecular weight excluding hydrogens is 356 g/mol. The Bertz CT molecular complexity index is 936.